The van der Waals surface area contributed by atoms with Crippen LogP contribution in [0.1, 0.15) is 30.8 Å². The Bertz CT molecular complexity index is 793. The maximum absolute atomic E-state index is 13.3. The average molecular weight is 354 g/mol. The highest BCUT2D eigenvalue weighted by Gasteiger charge is 2.42. The predicted molar refractivity (Wildman–Crippen MR) is 82.3 cm³/mol. The fourth-order valence-electron chi connectivity index (χ4n) is 2.59. The standard InChI is InChI=1S/C16H17F3N4O2/c1-8-5-10(3-4-11(8)17)13-22-15(25-23-13)9(2)21-14(24)12-6-16(18,19)7-20-12/h3-5,9,12,20H,6-7H2,1-2H3,(H,21,24). The summed E-state index contributed by atoms with van der Waals surface area (Å²) in [7, 11) is 0. The van der Waals surface area contributed by atoms with Crippen molar-refractivity contribution in [2.45, 2.75) is 38.3 Å². The van der Waals surface area contributed by atoms with Crippen molar-refractivity contribution in [1.82, 2.24) is 20.8 Å². The van der Waals surface area contributed by atoms with Gasteiger partial charge < -0.3 is 9.84 Å². The largest absolute Gasteiger partial charge is 0.343 e. The molecule has 0 aliphatic carbocycles. The van der Waals surface area contributed by atoms with Gasteiger partial charge in [0.15, 0.2) is 0 Å². The van der Waals surface area contributed by atoms with Gasteiger partial charge in [0.25, 0.3) is 5.92 Å². The monoisotopic (exact) mass is 354 g/mol. The van der Waals surface area contributed by atoms with E-state index < -0.39 is 36.9 Å². The fraction of sp³-hybridized carbons (Fsp3) is 0.438. The van der Waals surface area contributed by atoms with Crippen molar-refractivity contribution >= 4 is 5.91 Å². The summed E-state index contributed by atoms with van der Waals surface area (Å²) in [6.45, 7) is 2.71. The van der Waals surface area contributed by atoms with Crippen molar-refractivity contribution in [3.8, 4) is 11.4 Å². The molecule has 2 unspecified atom stereocenters. The molecule has 1 aromatic carbocycles. The van der Waals surface area contributed by atoms with Gasteiger partial charge in [-0.1, -0.05) is 5.16 Å². The number of benzene rings is 1. The van der Waals surface area contributed by atoms with Crippen LogP contribution < -0.4 is 10.6 Å². The molecule has 1 aliphatic heterocycles. The van der Waals surface area contributed by atoms with Crippen molar-refractivity contribution in [2.24, 2.45) is 0 Å². The molecule has 2 heterocycles. The molecular weight excluding hydrogens is 337 g/mol. The average Bonchev–Trinajstić information content (AvgIpc) is 3.16. The normalized spacial score (nSPS) is 20.4. The van der Waals surface area contributed by atoms with E-state index in [0.717, 1.165) is 0 Å². The Kier molecular flexibility index (Phi) is 4.51. The molecule has 2 atom stereocenters. The van der Waals surface area contributed by atoms with Crippen molar-refractivity contribution < 1.29 is 22.5 Å². The Morgan fingerprint density at radius 2 is 2.24 bits per heavy atom. The topological polar surface area (TPSA) is 80.0 Å². The second kappa shape index (κ2) is 6.47. The van der Waals surface area contributed by atoms with E-state index in [1.54, 1.807) is 19.9 Å². The van der Waals surface area contributed by atoms with Crippen LogP contribution in [0.15, 0.2) is 22.7 Å². The third kappa shape index (κ3) is 3.81. The van der Waals surface area contributed by atoms with Gasteiger partial charge >= 0.3 is 0 Å². The minimum Gasteiger partial charge on any atom is -0.343 e. The van der Waals surface area contributed by atoms with Gasteiger partial charge in [0.2, 0.25) is 17.6 Å². The highest BCUT2D eigenvalue weighted by atomic mass is 19.3. The predicted octanol–water partition coefficient (Wildman–Crippen LogP) is 2.36. The number of nitrogens with one attached hydrogen (secondary N) is 2. The minimum absolute atomic E-state index is 0.134. The first-order chi connectivity index (χ1) is 11.7. The fourth-order valence-corrected chi connectivity index (χ4v) is 2.59. The first-order valence-electron chi connectivity index (χ1n) is 7.77. The summed E-state index contributed by atoms with van der Waals surface area (Å²) in [5.74, 6) is -3.39. The Balaban J connectivity index is 1.67. The second-order valence-corrected chi connectivity index (χ2v) is 6.14. The Labute approximate surface area is 141 Å². The number of amides is 1. The lowest BCUT2D eigenvalue weighted by atomic mass is 10.1. The zero-order chi connectivity index (χ0) is 18.2. The van der Waals surface area contributed by atoms with Gasteiger partial charge in [-0.2, -0.15) is 4.98 Å². The van der Waals surface area contributed by atoms with E-state index in [2.05, 4.69) is 20.8 Å². The van der Waals surface area contributed by atoms with Gasteiger partial charge in [-0.3, -0.25) is 10.1 Å². The van der Waals surface area contributed by atoms with Crippen LogP contribution in [-0.4, -0.2) is 34.6 Å². The van der Waals surface area contributed by atoms with Gasteiger partial charge in [0, 0.05) is 12.0 Å². The van der Waals surface area contributed by atoms with Crippen LogP contribution in [0, 0.1) is 12.7 Å². The quantitative estimate of drug-likeness (QED) is 0.881. The number of nitrogens with zero attached hydrogens (tertiary/aromatic N) is 2. The molecule has 9 heteroatoms. The lowest BCUT2D eigenvalue weighted by Gasteiger charge is -2.14. The molecule has 0 saturated carbocycles. The summed E-state index contributed by atoms with van der Waals surface area (Å²) in [5, 5.41) is 8.86. The van der Waals surface area contributed by atoms with Gasteiger partial charge in [0.05, 0.1) is 12.6 Å². The summed E-state index contributed by atoms with van der Waals surface area (Å²) in [5.41, 5.74) is 1.02. The lowest BCUT2D eigenvalue weighted by Crippen LogP contribution is -2.41. The molecule has 0 spiro atoms. The molecule has 1 saturated heterocycles. The number of alkyl halides is 2. The third-order valence-electron chi connectivity index (χ3n) is 4.01. The zero-order valence-electron chi connectivity index (χ0n) is 13.6. The maximum atomic E-state index is 13.3. The first kappa shape index (κ1) is 17.4. The minimum atomic E-state index is -2.89. The highest BCUT2D eigenvalue weighted by Crippen LogP contribution is 2.26. The molecule has 134 valence electrons. The Hall–Kier alpha value is -2.42. The summed E-state index contributed by atoms with van der Waals surface area (Å²) in [6, 6.07) is 2.80. The van der Waals surface area contributed by atoms with E-state index in [1.165, 1.54) is 12.1 Å². The van der Waals surface area contributed by atoms with E-state index >= 15 is 0 Å². The SMILES string of the molecule is Cc1cc(-c2noc(C(C)NC(=O)C3CC(F)(F)CN3)n2)ccc1F. The summed E-state index contributed by atoms with van der Waals surface area (Å²) >= 11 is 0. The highest BCUT2D eigenvalue weighted by molar-refractivity contribution is 5.82. The van der Waals surface area contributed by atoms with E-state index in [4.69, 9.17) is 4.52 Å². The molecule has 1 fully saturated rings. The van der Waals surface area contributed by atoms with Crippen LogP contribution >= 0.6 is 0 Å². The van der Waals surface area contributed by atoms with E-state index in [0.29, 0.717) is 11.1 Å². The van der Waals surface area contributed by atoms with Crippen LogP contribution in [0.25, 0.3) is 11.4 Å². The van der Waals surface area contributed by atoms with Gasteiger partial charge in [0.1, 0.15) is 11.9 Å². The first-order valence-corrected chi connectivity index (χ1v) is 7.77. The molecule has 25 heavy (non-hydrogen) atoms. The molecule has 2 N–H and O–H groups in total. The van der Waals surface area contributed by atoms with Crippen molar-refractivity contribution in [1.29, 1.82) is 0 Å². The number of rotatable bonds is 4. The number of aromatic nitrogens is 2. The molecule has 1 aliphatic rings. The summed E-state index contributed by atoms with van der Waals surface area (Å²) in [4.78, 5) is 16.2. The van der Waals surface area contributed by atoms with Crippen molar-refractivity contribution in [3.63, 3.8) is 0 Å². The molecule has 2 aromatic rings. The molecule has 6 nitrogen and oxygen atoms in total. The van der Waals surface area contributed by atoms with Crippen LogP contribution in [0.4, 0.5) is 13.2 Å². The van der Waals surface area contributed by atoms with Gasteiger partial charge in [-0.25, -0.2) is 13.2 Å². The van der Waals surface area contributed by atoms with Crippen LogP contribution in [0.2, 0.25) is 0 Å². The Morgan fingerprint density at radius 1 is 1.48 bits per heavy atom. The third-order valence-corrected chi connectivity index (χ3v) is 4.01. The van der Waals surface area contributed by atoms with Crippen LogP contribution in [-0.2, 0) is 4.79 Å². The second-order valence-electron chi connectivity index (χ2n) is 6.14. The molecule has 1 amide bonds. The van der Waals surface area contributed by atoms with E-state index in [1.807, 2.05) is 0 Å². The zero-order valence-corrected chi connectivity index (χ0v) is 13.6. The molecule has 1 aromatic heterocycles. The van der Waals surface area contributed by atoms with Crippen molar-refractivity contribution in [2.75, 3.05) is 6.54 Å². The number of halogens is 3. The smallest absolute Gasteiger partial charge is 0.262 e. The molecular formula is C16H17F3N4O2. The summed E-state index contributed by atoms with van der Waals surface area (Å²) < 4.78 is 44.8. The van der Waals surface area contributed by atoms with Crippen molar-refractivity contribution in [3.05, 3.63) is 35.5 Å². The van der Waals surface area contributed by atoms with E-state index in [9.17, 15) is 18.0 Å². The maximum Gasteiger partial charge on any atom is 0.262 e. The van der Waals surface area contributed by atoms with E-state index in [-0.39, 0.29) is 17.5 Å². The number of hydrogen-bond donors (Lipinski definition) is 2. The molecule has 3 rings (SSSR count). The molecule has 0 bridgehead atoms. The number of aryl methyl sites for hydroxylation is 1. The lowest BCUT2D eigenvalue weighted by molar-refractivity contribution is -0.124. The molecule has 0 radical (unpaired) electrons. The number of carbonyl (C=O) groups excluding carboxylic acids is 1. The van der Waals surface area contributed by atoms with Gasteiger partial charge in [-0.15, -0.1) is 0 Å². The Morgan fingerprint density at radius 3 is 2.88 bits per heavy atom. The number of hydrogen-bond acceptors (Lipinski definition) is 5. The summed E-state index contributed by atoms with van der Waals surface area (Å²) in [6.07, 6.45) is -0.546. The van der Waals surface area contributed by atoms with Gasteiger partial charge in [-0.05, 0) is 37.6 Å². The van der Waals surface area contributed by atoms with Crippen LogP contribution in [0.5, 0.6) is 0 Å². The number of carbonyl (C=O) groups is 1. The van der Waals surface area contributed by atoms with Crippen LogP contribution in [0.3, 0.4) is 0 Å².